The minimum Gasteiger partial charge on any atom is -0.493 e. The molecule has 0 spiro atoms. The maximum atomic E-state index is 12.8. The Balaban J connectivity index is 1.57. The number of nitrogens with zero attached hydrogens (tertiary/aromatic N) is 2. The molecule has 4 rings (SSSR count). The number of amides is 1. The van der Waals surface area contributed by atoms with Crippen LogP contribution in [-0.4, -0.2) is 34.0 Å². The minimum absolute atomic E-state index is 0.174. The van der Waals surface area contributed by atoms with E-state index in [9.17, 15) is 9.90 Å². The first-order valence-corrected chi connectivity index (χ1v) is 8.63. The van der Waals surface area contributed by atoms with Crippen LogP contribution in [-0.2, 0) is 0 Å². The highest BCUT2D eigenvalue weighted by Gasteiger charge is 2.29. The fourth-order valence-electron chi connectivity index (χ4n) is 3.39. The molecule has 2 aromatic carbocycles. The molecule has 1 aliphatic heterocycles. The largest absolute Gasteiger partial charge is 0.493 e. The zero-order valence-electron chi connectivity index (χ0n) is 13.5. The molecule has 1 aliphatic rings. The van der Waals surface area contributed by atoms with E-state index in [-0.39, 0.29) is 23.3 Å². The first-order valence-electron chi connectivity index (χ1n) is 8.25. The molecule has 1 atom stereocenters. The zero-order chi connectivity index (χ0) is 17.4. The van der Waals surface area contributed by atoms with E-state index in [0.717, 1.165) is 11.8 Å². The van der Waals surface area contributed by atoms with Crippen LogP contribution in [0.2, 0.25) is 5.02 Å². The molecule has 1 aromatic heterocycles. The van der Waals surface area contributed by atoms with Crippen molar-refractivity contribution < 1.29 is 9.90 Å². The molecule has 2 heterocycles. The van der Waals surface area contributed by atoms with E-state index in [1.807, 2.05) is 48.5 Å². The summed E-state index contributed by atoms with van der Waals surface area (Å²) in [7, 11) is 0. The average molecular weight is 353 g/mol. The van der Waals surface area contributed by atoms with Crippen molar-refractivity contribution in [1.82, 2.24) is 9.88 Å². The zero-order valence-corrected chi connectivity index (χ0v) is 14.3. The highest BCUT2D eigenvalue weighted by Crippen LogP contribution is 2.30. The Hall–Kier alpha value is -2.59. The van der Waals surface area contributed by atoms with Crippen molar-refractivity contribution in [2.45, 2.75) is 12.3 Å². The van der Waals surface area contributed by atoms with Gasteiger partial charge in [-0.25, -0.2) is 4.98 Å². The molecule has 1 unspecified atom stereocenters. The second-order valence-electron chi connectivity index (χ2n) is 6.34. The van der Waals surface area contributed by atoms with Gasteiger partial charge in [-0.2, -0.15) is 0 Å². The van der Waals surface area contributed by atoms with Gasteiger partial charge in [0.15, 0.2) is 0 Å². The van der Waals surface area contributed by atoms with Crippen LogP contribution in [0.5, 0.6) is 5.88 Å². The average Bonchev–Trinajstić information content (AvgIpc) is 3.11. The second-order valence-corrected chi connectivity index (χ2v) is 6.78. The number of aromatic nitrogens is 1. The highest BCUT2D eigenvalue weighted by molar-refractivity contribution is 6.30. The number of benzene rings is 2. The number of rotatable bonds is 2. The van der Waals surface area contributed by atoms with Gasteiger partial charge in [0.05, 0.1) is 5.52 Å². The summed E-state index contributed by atoms with van der Waals surface area (Å²) in [5.41, 5.74) is 2.12. The fourth-order valence-corrected chi connectivity index (χ4v) is 3.51. The van der Waals surface area contributed by atoms with E-state index in [2.05, 4.69) is 4.98 Å². The first-order chi connectivity index (χ1) is 12.1. The molecule has 0 saturated carbocycles. The molecule has 3 aromatic rings. The summed E-state index contributed by atoms with van der Waals surface area (Å²) >= 11 is 5.94. The van der Waals surface area contributed by atoms with Crippen LogP contribution in [0.25, 0.3) is 10.9 Å². The highest BCUT2D eigenvalue weighted by atomic mass is 35.5. The fraction of sp³-hybridized carbons (Fsp3) is 0.200. The van der Waals surface area contributed by atoms with Crippen LogP contribution in [0.3, 0.4) is 0 Å². The van der Waals surface area contributed by atoms with Crippen LogP contribution in [0, 0.1) is 0 Å². The number of pyridine rings is 1. The quantitative estimate of drug-likeness (QED) is 0.751. The summed E-state index contributed by atoms with van der Waals surface area (Å²) in [6.07, 6.45) is 0.898. The van der Waals surface area contributed by atoms with Crippen molar-refractivity contribution in [2.75, 3.05) is 13.1 Å². The summed E-state index contributed by atoms with van der Waals surface area (Å²) in [5.74, 6) is -0.0948. The van der Waals surface area contributed by atoms with Crippen molar-refractivity contribution in [1.29, 1.82) is 0 Å². The van der Waals surface area contributed by atoms with Gasteiger partial charge in [0.25, 0.3) is 5.91 Å². The topological polar surface area (TPSA) is 53.4 Å². The van der Waals surface area contributed by atoms with Crippen molar-refractivity contribution in [3.63, 3.8) is 0 Å². The minimum atomic E-state index is -0.210. The van der Waals surface area contributed by atoms with Gasteiger partial charge >= 0.3 is 0 Å². The molecule has 1 fully saturated rings. The number of hydrogen-bond donors (Lipinski definition) is 1. The van der Waals surface area contributed by atoms with Gasteiger partial charge in [0.1, 0.15) is 5.56 Å². The third-order valence-corrected chi connectivity index (χ3v) is 5.00. The maximum absolute atomic E-state index is 12.8. The van der Waals surface area contributed by atoms with E-state index in [4.69, 9.17) is 11.6 Å². The summed E-state index contributed by atoms with van der Waals surface area (Å²) in [4.78, 5) is 18.8. The third-order valence-electron chi connectivity index (χ3n) is 4.75. The molecular formula is C20H17ClN2O2. The van der Waals surface area contributed by atoms with E-state index < -0.39 is 0 Å². The number of fused-ring (bicyclic) bond motifs is 1. The van der Waals surface area contributed by atoms with Crippen LogP contribution in [0.1, 0.15) is 28.3 Å². The van der Waals surface area contributed by atoms with Crippen LogP contribution >= 0.6 is 11.6 Å². The lowest BCUT2D eigenvalue weighted by atomic mass is 9.99. The van der Waals surface area contributed by atoms with Gasteiger partial charge in [0, 0.05) is 29.4 Å². The summed E-state index contributed by atoms with van der Waals surface area (Å²) in [5, 5.41) is 11.7. The van der Waals surface area contributed by atoms with Gasteiger partial charge in [0.2, 0.25) is 5.88 Å². The van der Waals surface area contributed by atoms with Crippen molar-refractivity contribution in [2.24, 2.45) is 0 Å². The van der Waals surface area contributed by atoms with E-state index >= 15 is 0 Å². The molecule has 5 heteroatoms. The number of hydrogen-bond acceptors (Lipinski definition) is 3. The second kappa shape index (κ2) is 6.37. The van der Waals surface area contributed by atoms with Gasteiger partial charge in [-0.05, 0) is 36.2 Å². The molecule has 4 nitrogen and oxygen atoms in total. The predicted molar refractivity (Wildman–Crippen MR) is 98.1 cm³/mol. The lowest BCUT2D eigenvalue weighted by molar-refractivity contribution is 0.0787. The molecule has 1 amide bonds. The summed E-state index contributed by atoms with van der Waals surface area (Å²) in [6.45, 7) is 1.30. The van der Waals surface area contributed by atoms with Gasteiger partial charge in [-0.1, -0.05) is 41.9 Å². The van der Waals surface area contributed by atoms with Crippen molar-refractivity contribution >= 4 is 28.4 Å². The number of likely N-dealkylation sites (tertiary alicyclic amines) is 1. The van der Waals surface area contributed by atoms with Crippen LogP contribution in [0.15, 0.2) is 54.6 Å². The predicted octanol–water partition coefficient (Wildman–Crippen LogP) is 4.22. The molecular weight excluding hydrogens is 336 g/mol. The van der Waals surface area contributed by atoms with Gasteiger partial charge in [-0.3, -0.25) is 4.79 Å². The Morgan fingerprint density at radius 1 is 1.16 bits per heavy atom. The van der Waals surface area contributed by atoms with E-state index in [1.54, 1.807) is 11.0 Å². The molecule has 25 heavy (non-hydrogen) atoms. The SMILES string of the molecule is O=C(c1cc2ccccc2nc1O)N1CCC(c2ccc(Cl)cc2)C1. The van der Waals surface area contributed by atoms with Gasteiger partial charge < -0.3 is 10.0 Å². The number of carbonyl (C=O) groups excluding carboxylic acids is 1. The molecule has 126 valence electrons. The number of halogens is 1. The van der Waals surface area contributed by atoms with Crippen molar-refractivity contribution in [3.8, 4) is 5.88 Å². The monoisotopic (exact) mass is 352 g/mol. The maximum Gasteiger partial charge on any atom is 0.259 e. The summed E-state index contributed by atoms with van der Waals surface area (Å²) in [6, 6.07) is 16.9. The molecule has 1 N–H and O–H groups in total. The van der Waals surface area contributed by atoms with Crippen LogP contribution < -0.4 is 0 Å². The Labute approximate surface area is 150 Å². The molecule has 1 saturated heterocycles. The van der Waals surface area contributed by atoms with E-state index in [0.29, 0.717) is 23.6 Å². The molecule has 0 bridgehead atoms. The normalized spacial score (nSPS) is 17.2. The van der Waals surface area contributed by atoms with Gasteiger partial charge in [-0.15, -0.1) is 0 Å². The number of aromatic hydroxyl groups is 1. The Bertz CT molecular complexity index is 940. The van der Waals surface area contributed by atoms with E-state index in [1.165, 1.54) is 5.56 Å². The lowest BCUT2D eigenvalue weighted by Gasteiger charge is -2.17. The molecule has 0 aliphatic carbocycles. The third kappa shape index (κ3) is 3.05. The lowest BCUT2D eigenvalue weighted by Crippen LogP contribution is -2.28. The number of para-hydroxylation sites is 1. The Morgan fingerprint density at radius 3 is 2.72 bits per heavy atom. The standard InChI is InChI=1S/C20H17ClN2O2/c21-16-7-5-13(6-8-16)15-9-10-23(12-15)20(25)17-11-14-3-1-2-4-18(14)22-19(17)24/h1-8,11,15H,9-10,12H2,(H,22,24). The summed E-state index contributed by atoms with van der Waals surface area (Å²) < 4.78 is 0. The smallest absolute Gasteiger partial charge is 0.259 e. The Morgan fingerprint density at radius 2 is 1.92 bits per heavy atom. The Kier molecular flexibility index (Phi) is 4.06. The first kappa shape index (κ1) is 15.9. The van der Waals surface area contributed by atoms with Crippen LogP contribution in [0.4, 0.5) is 0 Å². The van der Waals surface area contributed by atoms with Crippen molar-refractivity contribution in [3.05, 3.63) is 70.7 Å². The molecule has 0 radical (unpaired) electrons. The number of carbonyl (C=O) groups is 1.